The minimum Gasteiger partial charge on any atom is -0.465 e. The quantitative estimate of drug-likeness (QED) is 0.140. The van der Waals surface area contributed by atoms with Crippen LogP contribution in [0.5, 0.6) is 0 Å². The normalized spacial score (nSPS) is 21.0. The summed E-state index contributed by atoms with van der Waals surface area (Å²) in [5.41, 5.74) is -1.69. The lowest BCUT2D eigenvalue weighted by Crippen LogP contribution is -2.40. The number of esters is 1. The first kappa shape index (κ1) is 29.8. The van der Waals surface area contributed by atoms with Crippen molar-refractivity contribution in [3.05, 3.63) is 35.9 Å². The van der Waals surface area contributed by atoms with Gasteiger partial charge in [0.2, 0.25) is 5.78 Å². The number of ketones is 1. The summed E-state index contributed by atoms with van der Waals surface area (Å²) in [6.45, 7) is 10.2. The summed E-state index contributed by atoms with van der Waals surface area (Å²) in [7, 11) is -5.87. The molecule has 7 nitrogen and oxygen atoms in total. The van der Waals surface area contributed by atoms with Crippen molar-refractivity contribution in [2.24, 2.45) is 21.4 Å². The van der Waals surface area contributed by atoms with Crippen molar-refractivity contribution in [2.75, 3.05) is 6.61 Å². The summed E-state index contributed by atoms with van der Waals surface area (Å²) in [6.07, 6.45) is -2.41. The molecule has 1 saturated carbocycles. The van der Waals surface area contributed by atoms with Crippen molar-refractivity contribution < 1.29 is 40.2 Å². The minimum absolute atomic E-state index is 0.135. The highest BCUT2D eigenvalue weighted by atomic mass is 32.2. The molecule has 1 aromatic rings. The zero-order chi connectivity index (χ0) is 27.6. The molecule has 1 aliphatic carbocycles. The molecule has 0 heterocycles. The molecule has 0 amide bonds. The molecule has 0 radical (unpaired) electrons. The summed E-state index contributed by atoms with van der Waals surface area (Å²) in [5, 5.41) is -2.01. The van der Waals surface area contributed by atoms with E-state index in [0.717, 1.165) is 13.3 Å². The lowest BCUT2D eigenvalue weighted by Gasteiger charge is -2.30. The summed E-state index contributed by atoms with van der Waals surface area (Å²) in [4.78, 5) is 25.0. The van der Waals surface area contributed by atoms with Gasteiger partial charge in [0.25, 0.3) is 0 Å². The lowest BCUT2D eigenvalue weighted by molar-refractivity contribution is -0.154. The lowest BCUT2D eigenvalue weighted by atomic mass is 9.76. The number of nitrogens with zero attached hydrogens (tertiary/aromatic N) is 1. The van der Waals surface area contributed by atoms with Gasteiger partial charge >= 0.3 is 21.3 Å². The van der Waals surface area contributed by atoms with Crippen LogP contribution in [0.25, 0.3) is 0 Å². The maximum Gasteiger partial charge on any atom is 0.412 e. The first-order valence-corrected chi connectivity index (χ1v) is 13.1. The molecule has 11 heteroatoms. The number of carbonyl (C=O) groups excluding carboxylic acids is 2. The summed E-state index contributed by atoms with van der Waals surface area (Å²) in [5.74, 6) is -1.36. The zero-order valence-electron chi connectivity index (χ0n) is 21.4. The molecule has 36 heavy (non-hydrogen) atoms. The van der Waals surface area contributed by atoms with Crippen LogP contribution < -0.4 is 0 Å². The summed E-state index contributed by atoms with van der Waals surface area (Å²) >= 11 is 0. The number of halogens is 3. The van der Waals surface area contributed by atoms with Gasteiger partial charge in [-0.2, -0.15) is 17.2 Å². The number of alkyl halides is 3. The van der Waals surface area contributed by atoms with E-state index in [1.54, 1.807) is 18.2 Å². The molecule has 1 aliphatic rings. The number of hydrogen-bond donors (Lipinski definition) is 0. The number of carbonyl (C=O) groups is 2. The van der Waals surface area contributed by atoms with Crippen molar-refractivity contribution in [1.29, 1.82) is 0 Å². The molecule has 0 bridgehead atoms. The standard InChI is InChI=1S/C25H34F3NO6S/c1-7-22(3,4)15-24(16-23(24,5)6)21(31)34-14-13-19(26)25(27,28)36(32,33)35-29-17(2)20(30)18-11-9-8-10-12-18/h8-12,19H,7,13-16H2,1-6H3. The number of Topliss-reactive ketones (excluding diaryl/α,β-unsaturated/α-hetero) is 1. The first-order valence-electron chi connectivity index (χ1n) is 11.7. The molecule has 0 saturated heterocycles. The third-order valence-corrected chi connectivity index (χ3v) is 8.17. The Hall–Kier alpha value is -2.43. The highest BCUT2D eigenvalue weighted by Crippen LogP contribution is 2.68. The minimum atomic E-state index is -5.87. The number of rotatable bonds is 13. The average molecular weight is 534 g/mol. The van der Waals surface area contributed by atoms with E-state index in [2.05, 4.69) is 9.44 Å². The maximum absolute atomic E-state index is 14.3. The van der Waals surface area contributed by atoms with E-state index in [9.17, 15) is 31.2 Å². The van der Waals surface area contributed by atoms with E-state index in [1.807, 2.05) is 34.6 Å². The topological polar surface area (TPSA) is 99.1 Å². The number of ether oxygens (including phenoxy) is 1. The van der Waals surface area contributed by atoms with Gasteiger partial charge in [0, 0.05) is 12.0 Å². The van der Waals surface area contributed by atoms with Gasteiger partial charge in [0.1, 0.15) is 5.71 Å². The van der Waals surface area contributed by atoms with Crippen LogP contribution in [0.15, 0.2) is 35.5 Å². The van der Waals surface area contributed by atoms with Gasteiger partial charge in [-0.1, -0.05) is 76.5 Å². The summed E-state index contributed by atoms with van der Waals surface area (Å²) in [6, 6.07) is 7.56. The van der Waals surface area contributed by atoms with Crippen LogP contribution in [0.4, 0.5) is 13.2 Å². The Morgan fingerprint density at radius 2 is 1.72 bits per heavy atom. The highest BCUT2D eigenvalue weighted by molar-refractivity contribution is 7.87. The molecule has 2 rings (SSSR count). The Morgan fingerprint density at radius 3 is 2.22 bits per heavy atom. The fourth-order valence-electron chi connectivity index (χ4n) is 4.09. The molecule has 202 valence electrons. The predicted molar refractivity (Wildman–Crippen MR) is 129 cm³/mol. The van der Waals surface area contributed by atoms with Crippen molar-refractivity contribution in [3.63, 3.8) is 0 Å². The van der Waals surface area contributed by atoms with Crippen LogP contribution in [0.3, 0.4) is 0 Å². The zero-order valence-corrected chi connectivity index (χ0v) is 22.3. The van der Waals surface area contributed by atoms with Crippen LogP contribution in [-0.4, -0.2) is 43.9 Å². The molecular formula is C25H34F3NO6S. The molecule has 0 aliphatic heterocycles. The number of benzene rings is 1. The Morgan fingerprint density at radius 1 is 1.17 bits per heavy atom. The van der Waals surface area contributed by atoms with E-state index in [-0.39, 0.29) is 16.4 Å². The monoisotopic (exact) mass is 533 g/mol. The molecule has 2 unspecified atom stereocenters. The molecule has 0 N–H and O–H groups in total. The molecule has 0 spiro atoms. The third-order valence-electron chi connectivity index (χ3n) is 6.98. The van der Waals surface area contributed by atoms with Gasteiger partial charge < -0.3 is 4.74 Å². The molecule has 1 fully saturated rings. The Balaban J connectivity index is 1.99. The fourth-order valence-corrected chi connectivity index (χ4v) is 4.83. The smallest absolute Gasteiger partial charge is 0.412 e. The van der Waals surface area contributed by atoms with Crippen molar-refractivity contribution in [2.45, 2.75) is 78.7 Å². The largest absolute Gasteiger partial charge is 0.465 e. The van der Waals surface area contributed by atoms with Crippen LogP contribution >= 0.6 is 0 Å². The highest BCUT2D eigenvalue weighted by Gasteiger charge is 2.68. The first-order chi connectivity index (χ1) is 16.4. The van der Waals surface area contributed by atoms with Crippen LogP contribution in [0.1, 0.15) is 77.6 Å². The second kappa shape index (κ2) is 10.5. The molecule has 1 aromatic carbocycles. The Labute approximate surface area is 210 Å². The van der Waals surface area contributed by atoms with Crippen molar-refractivity contribution >= 4 is 27.6 Å². The van der Waals surface area contributed by atoms with Gasteiger partial charge in [-0.25, -0.2) is 4.39 Å². The van der Waals surface area contributed by atoms with E-state index >= 15 is 0 Å². The predicted octanol–water partition coefficient (Wildman–Crippen LogP) is 5.70. The average Bonchev–Trinajstić information content (AvgIpc) is 3.37. The second-order valence-electron chi connectivity index (χ2n) is 10.7. The van der Waals surface area contributed by atoms with E-state index in [0.29, 0.717) is 12.8 Å². The summed E-state index contributed by atoms with van der Waals surface area (Å²) < 4.78 is 76.0. The second-order valence-corrected chi connectivity index (χ2v) is 12.3. The van der Waals surface area contributed by atoms with Gasteiger partial charge in [0.15, 0.2) is 6.17 Å². The fraction of sp³-hybridized carbons (Fsp3) is 0.640. The van der Waals surface area contributed by atoms with Crippen molar-refractivity contribution in [1.82, 2.24) is 0 Å². The molecule has 0 aromatic heterocycles. The van der Waals surface area contributed by atoms with Gasteiger partial charge in [-0.05, 0) is 30.6 Å². The third kappa shape index (κ3) is 6.27. The van der Waals surface area contributed by atoms with E-state index in [1.165, 1.54) is 12.1 Å². The maximum atomic E-state index is 14.3. The number of oxime groups is 1. The molecule has 2 atom stereocenters. The van der Waals surface area contributed by atoms with Crippen LogP contribution in [0, 0.1) is 16.2 Å². The van der Waals surface area contributed by atoms with E-state index in [4.69, 9.17) is 4.74 Å². The van der Waals surface area contributed by atoms with E-state index < -0.39 is 57.5 Å². The Bertz CT molecular complexity index is 1100. The van der Waals surface area contributed by atoms with Crippen molar-refractivity contribution in [3.8, 4) is 0 Å². The number of hydrogen-bond acceptors (Lipinski definition) is 7. The molecular weight excluding hydrogens is 499 g/mol. The SMILES string of the molecule is CCC(C)(C)CC1(C(=O)OCCC(F)C(F)(F)S(=O)(=O)ON=C(C)C(=O)c2ccccc2)CC1(C)C. The van der Waals surface area contributed by atoms with Gasteiger partial charge in [0.05, 0.1) is 12.0 Å². The van der Waals surface area contributed by atoms with Gasteiger partial charge in [-0.3, -0.25) is 13.9 Å². The van der Waals surface area contributed by atoms with Gasteiger partial charge in [-0.15, -0.1) is 0 Å². The van der Waals surface area contributed by atoms with Crippen LogP contribution in [0.2, 0.25) is 0 Å². The van der Waals surface area contributed by atoms with Crippen LogP contribution in [-0.2, 0) is 23.9 Å². The Kier molecular flexibility index (Phi) is 8.70.